The summed E-state index contributed by atoms with van der Waals surface area (Å²) in [5.41, 5.74) is 0.470. The number of hydrogen-bond acceptors (Lipinski definition) is 2. The van der Waals surface area contributed by atoms with Crippen LogP contribution in [0.3, 0.4) is 0 Å². The van der Waals surface area contributed by atoms with Crippen LogP contribution in [0.25, 0.3) is 0 Å². The van der Waals surface area contributed by atoms with Crippen LogP contribution >= 0.6 is 0 Å². The summed E-state index contributed by atoms with van der Waals surface area (Å²) in [6.45, 7) is 15.5. The number of nitrogens with one attached hydrogen (secondary N) is 1. The van der Waals surface area contributed by atoms with Crippen LogP contribution in [0, 0.1) is 17.3 Å². The van der Waals surface area contributed by atoms with Gasteiger partial charge < -0.3 is 10.2 Å². The SMILES string of the molecule is CCCNC1CCC(C(C)(C)C)CC1CN(C)CCC. The third-order valence-electron chi connectivity index (χ3n) is 5.02. The van der Waals surface area contributed by atoms with E-state index in [0.717, 1.165) is 17.9 Å². The first-order valence-electron chi connectivity index (χ1n) is 8.80. The fourth-order valence-electron chi connectivity index (χ4n) is 3.72. The van der Waals surface area contributed by atoms with E-state index in [1.807, 2.05) is 0 Å². The highest BCUT2D eigenvalue weighted by molar-refractivity contribution is 4.90. The molecule has 0 saturated heterocycles. The van der Waals surface area contributed by atoms with Gasteiger partial charge in [-0.25, -0.2) is 0 Å². The summed E-state index contributed by atoms with van der Waals surface area (Å²) in [7, 11) is 2.29. The lowest BCUT2D eigenvalue weighted by Gasteiger charge is -2.43. The van der Waals surface area contributed by atoms with E-state index >= 15 is 0 Å². The summed E-state index contributed by atoms with van der Waals surface area (Å²) >= 11 is 0. The first kappa shape index (κ1) is 18.0. The molecule has 1 saturated carbocycles. The van der Waals surface area contributed by atoms with E-state index in [4.69, 9.17) is 0 Å². The fourth-order valence-corrected chi connectivity index (χ4v) is 3.72. The van der Waals surface area contributed by atoms with Crippen molar-refractivity contribution in [1.29, 1.82) is 0 Å². The maximum absolute atomic E-state index is 3.81. The van der Waals surface area contributed by atoms with E-state index in [1.165, 1.54) is 51.7 Å². The van der Waals surface area contributed by atoms with Crippen LogP contribution in [0.15, 0.2) is 0 Å². The van der Waals surface area contributed by atoms with Crippen LogP contribution in [0.5, 0.6) is 0 Å². The average molecular weight is 283 g/mol. The van der Waals surface area contributed by atoms with E-state index in [-0.39, 0.29) is 0 Å². The van der Waals surface area contributed by atoms with Gasteiger partial charge in [0.05, 0.1) is 0 Å². The summed E-state index contributed by atoms with van der Waals surface area (Å²) in [6, 6.07) is 0.743. The molecule has 2 heteroatoms. The van der Waals surface area contributed by atoms with Gasteiger partial charge in [0.15, 0.2) is 0 Å². The molecule has 0 radical (unpaired) electrons. The Kier molecular flexibility index (Phi) is 7.53. The Morgan fingerprint density at radius 3 is 2.35 bits per heavy atom. The van der Waals surface area contributed by atoms with Gasteiger partial charge in [-0.15, -0.1) is 0 Å². The smallest absolute Gasteiger partial charge is 0.0108 e. The molecule has 2 nitrogen and oxygen atoms in total. The van der Waals surface area contributed by atoms with Gasteiger partial charge >= 0.3 is 0 Å². The van der Waals surface area contributed by atoms with Crippen LogP contribution < -0.4 is 5.32 Å². The van der Waals surface area contributed by atoms with Crippen molar-refractivity contribution in [3.8, 4) is 0 Å². The van der Waals surface area contributed by atoms with E-state index < -0.39 is 0 Å². The second-order valence-electron chi connectivity index (χ2n) is 7.96. The predicted octanol–water partition coefficient (Wildman–Crippen LogP) is 4.16. The van der Waals surface area contributed by atoms with E-state index in [0.29, 0.717) is 5.41 Å². The highest BCUT2D eigenvalue weighted by Gasteiger charge is 2.35. The van der Waals surface area contributed by atoms with Crippen molar-refractivity contribution >= 4 is 0 Å². The zero-order valence-electron chi connectivity index (χ0n) is 14.8. The van der Waals surface area contributed by atoms with Crippen molar-refractivity contribution in [2.75, 3.05) is 26.7 Å². The maximum Gasteiger partial charge on any atom is 0.0108 e. The van der Waals surface area contributed by atoms with Crippen LogP contribution in [-0.4, -0.2) is 37.6 Å². The van der Waals surface area contributed by atoms with Gasteiger partial charge in [0, 0.05) is 12.6 Å². The monoisotopic (exact) mass is 282 g/mol. The molecule has 0 aliphatic heterocycles. The number of nitrogens with zero attached hydrogens (tertiary/aromatic N) is 1. The Labute approximate surface area is 127 Å². The molecule has 0 aromatic heterocycles. The summed E-state index contributed by atoms with van der Waals surface area (Å²) in [5, 5.41) is 3.81. The first-order valence-corrected chi connectivity index (χ1v) is 8.80. The third-order valence-corrected chi connectivity index (χ3v) is 5.02. The molecule has 0 bridgehead atoms. The van der Waals surface area contributed by atoms with Crippen molar-refractivity contribution in [2.45, 2.75) is 72.8 Å². The van der Waals surface area contributed by atoms with Crippen molar-refractivity contribution < 1.29 is 0 Å². The van der Waals surface area contributed by atoms with Crippen LogP contribution in [0.4, 0.5) is 0 Å². The lowest BCUT2D eigenvalue weighted by molar-refractivity contribution is 0.0934. The molecule has 0 heterocycles. The first-order chi connectivity index (χ1) is 9.38. The van der Waals surface area contributed by atoms with E-state index in [2.05, 4.69) is 51.9 Å². The highest BCUT2D eigenvalue weighted by Crippen LogP contribution is 2.40. The number of rotatable bonds is 7. The van der Waals surface area contributed by atoms with E-state index in [1.54, 1.807) is 0 Å². The molecule has 1 aliphatic rings. The Hall–Kier alpha value is -0.0800. The van der Waals surface area contributed by atoms with Gasteiger partial charge in [-0.05, 0) is 69.5 Å². The van der Waals surface area contributed by atoms with Crippen molar-refractivity contribution in [3.05, 3.63) is 0 Å². The van der Waals surface area contributed by atoms with Gasteiger partial charge in [0.25, 0.3) is 0 Å². The molecule has 1 aliphatic carbocycles. The normalized spacial score (nSPS) is 28.1. The molecule has 0 spiro atoms. The number of hydrogen-bond donors (Lipinski definition) is 1. The van der Waals surface area contributed by atoms with E-state index in [9.17, 15) is 0 Å². The Balaban J connectivity index is 2.62. The summed E-state index contributed by atoms with van der Waals surface area (Å²) in [5.74, 6) is 1.72. The lowest BCUT2D eigenvalue weighted by atomic mass is 9.67. The standard InChI is InChI=1S/C18H38N2/c1-7-11-19-17-10-9-16(18(3,4)5)13-15(17)14-20(6)12-8-2/h15-17,19H,7-14H2,1-6H3. The van der Waals surface area contributed by atoms with Crippen molar-refractivity contribution in [1.82, 2.24) is 10.2 Å². The largest absolute Gasteiger partial charge is 0.314 e. The summed E-state index contributed by atoms with van der Waals surface area (Å²) in [6.07, 6.45) is 6.68. The minimum atomic E-state index is 0.470. The molecule has 0 aromatic rings. The molecular weight excluding hydrogens is 244 g/mol. The molecule has 3 atom stereocenters. The van der Waals surface area contributed by atoms with Gasteiger partial charge in [0.1, 0.15) is 0 Å². The minimum Gasteiger partial charge on any atom is -0.314 e. The Morgan fingerprint density at radius 2 is 1.80 bits per heavy atom. The molecule has 1 rings (SSSR count). The summed E-state index contributed by atoms with van der Waals surface area (Å²) < 4.78 is 0. The molecular formula is C18H38N2. The zero-order valence-corrected chi connectivity index (χ0v) is 14.8. The molecule has 0 amide bonds. The average Bonchev–Trinajstić information content (AvgIpc) is 2.36. The van der Waals surface area contributed by atoms with Gasteiger partial charge in [-0.2, -0.15) is 0 Å². The predicted molar refractivity (Wildman–Crippen MR) is 90.2 cm³/mol. The molecule has 1 fully saturated rings. The zero-order chi connectivity index (χ0) is 15.2. The Morgan fingerprint density at radius 1 is 1.10 bits per heavy atom. The molecule has 1 N–H and O–H groups in total. The van der Waals surface area contributed by atoms with Crippen LogP contribution in [0.1, 0.15) is 66.7 Å². The van der Waals surface area contributed by atoms with Crippen molar-refractivity contribution in [2.24, 2.45) is 17.3 Å². The van der Waals surface area contributed by atoms with Crippen LogP contribution in [0.2, 0.25) is 0 Å². The highest BCUT2D eigenvalue weighted by atomic mass is 15.1. The second kappa shape index (κ2) is 8.38. The second-order valence-corrected chi connectivity index (χ2v) is 7.96. The van der Waals surface area contributed by atoms with Crippen LogP contribution in [-0.2, 0) is 0 Å². The quantitative estimate of drug-likeness (QED) is 0.754. The topological polar surface area (TPSA) is 15.3 Å². The van der Waals surface area contributed by atoms with Gasteiger partial charge in [-0.3, -0.25) is 0 Å². The maximum atomic E-state index is 3.81. The minimum absolute atomic E-state index is 0.470. The third kappa shape index (κ3) is 5.73. The molecule has 3 unspecified atom stereocenters. The fraction of sp³-hybridized carbons (Fsp3) is 1.00. The van der Waals surface area contributed by atoms with Gasteiger partial charge in [0.2, 0.25) is 0 Å². The molecule has 0 aromatic carbocycles. The molecule has 120 valence electrons. The van der Waals surface area contributed by atoms with Crippen molar-refractivity contribution in [3.63, 3.8) is 0 Å². The lowest BCUT2D eigenvalue weighted by Crippen LogP contribution is -2.47. The molecule has 20 heavy (non-hydrogen) atoms. The Bertz CT molecular complexity index is 257. The summed E-state index contributed by atoms with van der Waals surface area (Å²) in [4.78, 5) is 2.54. The van der Waals surface area contributed by atoms with Gasteiger partial charge in [-0.1, -0.05) is 34.6 Å².